The molecule has 0 bridgehead atoms. The molecule has 3 rings (SSSR count). The van der Waals surface area contributed by atoms with Crippen LogP contribution in [0.3, 0.4) is 0 Å². The highest BCUT2D eigenvalue weighted by atomic mass is 35.5. The number of halogens is 1. The Labute approximate surface area is 246 Å². The molecule has 9 heteroatoms. The van der Waals surface area contributed by atoms with Gasteiger partial charge in [0.2, 0.25) is 15.9 Å². The van der Waals surface area contributed by atoms with E-state index in [2.05, 4.69) is 36.4 Å². The lowest BCUT2D eigenvalue weighted by atomic mass is 9.75. The predicted molar refractivity (Wildman–Crippen MR) is 162 cm³/mol. The van der Waals surface area contributed by atoms with Gasteiger partial charge in [0.1, 0.15) is 6.61 Å². The second-order valence-electron chi connectivity index (χ2n) is 11.5. The van der Waals surface area contributed by atoms with E-state index in [1.54, 1.807) is 7.05 Å². The Hall–Kier alpha value is -1.97. The van der Waals surface area contributed by atoms with Gasteiger partial charge >= 0.3 is 0 Å². The lowest BCUT2D eigenvalue weighted by Crippen LogP contribution is -2.34. The zero-order chi connectivity index (χ0) is 29.4. The van der Waals surface area contributed by atoms with Crippen LogP contribution in [-0.2, 0) is 19.6 Å². The lowest BCUT2D eigenvalue weighted by molar-refractivity contribution is -0.125. The Morgan fingerprint density at radius 1 is 1.02 bits per heavy atom. The second kappa shape index (κ2) is 14.8. The maximum absolute atomic E-state index is 13.1. The van der Waals surface area contributed by atoms with Crippen LogP contribution in [0.1, 0.15) is 60.4 Å². The first kappa shape index (κ1) is 32.5. The van der Waals surface area contributed by atoms with Gasteiger partial charge in [0.25, 0.3) is 0 Å². The number of carbonyl (C=O) groups excluding carboxylic acids is 1. The molecule has 1 atom stereocenters. The Balaban J connectivity index is 1.35. The number of hydrogen-bond donors (Lipinski definition) is 1. The highest BCUT2D eigenvalue weighted by Crippen LogP contribution is 2.40. The van der Waals surface area contributed by atoms with E-state index < -0.39 is 10.0 Å². The first-order valence-corrected chi connectivity index (χ1v) is 16.0. The molecule has 1 N–H and O–H groups in total. The van der Waals surface area contributed by atoms with Crippen LogP contribution in [-0.4, -0.2) is 71.0 Å². The number of likely N-dealkylation sites (N-methyl/N-ethyl adjacent to an activating group) is 1. The Bertz CT molecular complexity index is 1200. The summed E-state index contributed by atoms with van der Waals surface area (Å²) in [5, 5.41) is 3.73. The van der Waals surface area contributed by atoms with Crippen molar-refractivity contribution in [2.75, 3.05) is 47.4 Å². The van der Waals surface area contributed by atoms with E-state index in [0.717, 1.165) is 41.0 Å². The first-order chi connectivity index (χ1) is 18.9. The maximum atomic E-state index is 13.1. The van der Waals surface area contributed by atoms with E-state index >= 15 is 0 Å². The number of rotatable bonds is 13. The van der Waals surface area contributed by atoms with Crippen LogP contribution in [0.5, 0.6) is 0 Å². The topological polar surface area (TPSA) is 78.9 Å². The standard InChI is InChI=1S/C31H46ClN3O4S/c1-22-19-23(2)31(24(3)20-22)40(37,38)35(6)17-18-39-21-29(36)33-16-15-25-7-9-26(10-8-25)30(34(4)5)27-11-13-28(32)14-12-27/h11-14,19-20,25-26,30H,7-10,15-18,21H2,1-6H3,(H,33,36). The molecule has 2 aromatic carbocycles. The average Bonchev–Trinajstić information content (AvgIpc) is 2.87. The molecule has 1 amide bonds. The summed E-state index contributed by atoms with van der Waals surface area (Å²) in [5.74, 6) is 1.05. The average molecular weight is 592 g/mol. The van der Waals surface area contributed by atoms with Crippen LogP contribution in [0.25, 0.3) is 0 Å². The van der Waals surface area contributed by atoms with Crippen molar-refractivity contribution in [1.29, 1.82) is 0 Å². The third-order valence-electron chi connectivity index (χ3n) is 8.04. The molecule has 222 valence electrons. The van der Waals surface area contributed by atoms with E-state index in [0.29, 0.717) is 29.3 Å². The summed E-state index contributed by atoms with van der Waals surface area (Å²) in [6.07, 6.45) is 5.63. The SMILES string of the molecule is Cc1cc(C)c(S(=O)(=O)N(C)CCOCC(=O)NCCC2CCC(C(c3ccc(Cl)cc3)N(C)C)CC2)c(C)c1. The minimum atomic E-state index is -3.63. The van der Waals surface area contributed by atoms with Gasteiger partial charge < -0.3 is 15.0 Å². The summed E-state index contributed by atoms with van der Waals surface area (Å²) in [6, 6.07) is 12.4. The van der Waals surface area contributed by atoms with Crippen molar-refractivity contribution in [3.05, 3.63) is 63.7 Å². The number of hydrogen-bond acceptors (Lipinski definition) is 5. The van der Waals surface area contributed by atoms with Crippen molar-refractivity contribution in [1.82, 2.24) is 14.5 Å². The molecule has 0 heterocycles. The molecular weight excluding hydrogens is 546 g/mol. The predicted octanol–water partition coefficient (Wildman–Crippen LogP) is 5.52. The van der Waals surface area contributed by atoms with Gasteiger partial charge in [-0.25, -0.2) is 8.42 Å². The van der Waals surface area contributed by atoms with E-state index in [4.69, 9.17) is 16.3 Å². The molecule has 2 aromatic rings. The van der Waals surface area contributed by atoms with Crippen LogP contribution in [0.15, 0.2) is 41.3 Å². The Kier molecular flexibility index (Phi) is 12.0. The van der Waals surface area contributed by atoms with Gasteiger partial charge in [-0.1, -0.05) is 54.3 Å². The quantitative estimate of drug-likeness (QED) is 0.310. The summed E-state index contributed by atoms with van der Waals surface area (Å²) >= 11 is 6.09. The largest absolute Gasteiger partial charge is 0.370 e. The zero-order valence-electron chi connectivity index (χ0n) is 24.9. The van der Waals surface area contributed by atoms with Crippen molar-refractivity contribution in [3.63, 3.8) is 0 Å². The molecule has 1 aliphatic rings. The van der Waals surface area contributed by atoms with Gasteiger partial charge in [0, 0.05) is 31.2 Å². The monoisotopic (exact) mass is 591 g/mol. The van der Waals surface area contributed by atoms with Crippen LogP contribution in [0.4, 0.5) is 0 Å². The molecule has 1 aliphatic carbocycles. The van der Waals surface area contributed by atoms with Crippen molar-refractivity contribution in [2.24, 2.45) is 11.8 Å². The number of nitrogens with zero attached hydrogens (tertiary/aromatic N) is 2. The fourth-order valence-corrected chi connectivity index (χ4v) is 7.80. The normalized spacial score (nSPS) is 18.7. The van der Waals surface area contributed by atoms with Crippen molar-refractivity contribution >= 4 is 27.5 Å². The van der Waals surface area contributed by atoms with Crippen LogP contribution >= 0.6 is 11.6 Å². The fourth-order valence-electron chi connectivity index (χ4n) is 6.12. The molecule has 1 unspecified atom stereocenters. The number of aryl methyl sites for hydroxylation is 3. The highest BCUT2D eigenvalue weighted by Gasteiger charge is 2.30. The summed E-state index contributed by atoms with van der Waals surface area (Å²) in [6.45, 7) is 6.47. The summed E-state index contributed by atoms with van der Waals surface area (Å²) < 4.78 is 32.9. The Morgan fingerprint density at radius 3 is 2.20 bits per heavy atom. The van der Waals surface area contributed by atoms with Crippen LogP contribution in [0, 0.1) is 32.6 Å². The summed E-state index contributed by atoms with van der Waals surface area (Å²) in [4.78, 5) is 14.9. The second-order valence-corrected chi connectivity index (χ2v) is 13.9. The number of ether oxygens (including phenoxy) is 1. The minimum absolute atomic E-state index is 0.0746. The molecule has 0 spiro atoms. The smallest absolute Gasteiger partial charge is 0.245 e. The number of carbonyl (C=O) groups is 1. The number of sulfonamides is 1. The van der Waals surface area contributed by atoms with Crippen molar-refractivity contribution in [2.45, 2.75) is 63.8 Å². The molecule has 7 nitrogen and oxygen atoms in total. The third-order valence-corrected chi connectivity index (χ3v) is 10.5. The minimum Gasteiger partial charge on any atom is -0.370 e. The maximum Gasteiger partial charge on any atom is 0.245 e. The first-order valence-electron chi connectivity index (χ1n) is 14.2. The number of benzene rings is 2. The molecule has 1 fully saturated rings. The van der Waals surface area contributed by atoms with Gasteiger partial charge in [-0.2, -0.15) is 4.31 Å². The van der Waals surface area contributed by atoms with Gasteiger partial charge in [-0.05, 0) is 94.8 Å². The molecule has 0 aliphatic heterocycles. The summed E-state index contributed by atoms with van der Waals surface area (Å²) in [5.41, 5.74) is 3.81. The van der Waals surface area contributed by atoms with Crippen LogP contribution in [0.2, 0.25) is 5.02 Å². The number of nitrogens with one attached hydrogen (secondary N) is 1. The van der Waals surface area contributed by atoms with Crippen molar-refractivity contribution in [3.8, 4) is 0 Å². The zero-order valence-corrected chi connectivity index (χ0v) is 26.4. The van der Waals surface area contributed by atoms with E-state index in [9.17, 15) is 13.2 Å². The molecule has 0 aromatic heterocycles. The molecular formula is C31H46ClN3O4S. The number of amides is 1. The molecule has 0 radical (unpaired) electrons. The van der Waals surface area contributed by atoms with Gasteiger partial charge in [-0.15, -0.1) is 0 Å². The highest BCUT2D eigenvalue weighted by molar-refractivity contribution is 7.89. The van der Waals surface area contributed by atoms with E-state index in [1.807, 2.05) is 45.0 Å². The van der Waals surface area contributed by atoms with E-state index in [1.165, 1.54) is 22.7 Å². The third kappa shape index (κ3) is 8.76. The molecule has 0 saturated heterocycles. The van der Waals surface area contributed by atoms with Crippen molar-refractivity contribution < 1.29 is 17.9 Å². The van der Waals surface area contributed by atoms with Gasteiger partial charge in [0.05, 0.1) is 11.5 Å². The van der Waals surface area contributed by atoms with Crippen LogP contribution < -0.4 is 5.32 Å². The Morgan fingerprint density at radius 2 is 1.62 bits per heavy atom. The van der Waals surface area contributed by atoms with Gasteiger partial charge in [0.15, 0.2) is 0 Å². The lowest BCUT2D eigenvalue weighted by Gasteiger charge is -2.37. The fraction of sp³-hybridized carbons (Fsp3) is 0.581. The molecule has 1 saturated carbocycles. The van der Waals surface area contributed by atoms with Gasteiger partial charge in [-0.3, -0.25) is 4.79 Å². The van der Waals surface area contributed by atoms with E-state index in [-0.39, 0.29) is 25.7 Å². The summed E-state index contributed by atoms with van der Waals surface area (Å²) in [7, 11) is 2.20. The molecule has 40 heavy (non-hydrogen) atoms.